The van der Waals surface area contributed by atoms with Crippen molar-refractivity contribution in [2.45, 2.75) is 12.8 Å². The molecule has 2 heterocycles. The predicted octanol–water partition coefficient (Wildman–Crippen LogP) is 0.855. The summed E-state index contributed by atoms with van der Waals surface area (Å²) in [5, 5.41) is 3.33. The fourth-order valence-electron chi connectivity index (χ4n) is 1.60. The van der Waals surface area contributed by atoms with Crippen LogP contribution in [0.15, 0.2) is 18.5 Å². The molecule has 76 valence electrons. The third-order valence-corrected chi connectivity index (χ3v) is 2.45. The highest BCUT2D eigenvalue weighted by Gasteiger charge is 2.13. The zero-order chi connectivity index (χ0) is 9.64. The van der Waals surface area contributed by atoms with Crippen LogP contribution in [-0.4, -0.2) is 29.7 Å². The number of nitrogens with zero attached hydrogens (tertiary/aromatic N) is 2. The Bertz CT molecular complexity index is 259. The third kappa shape index (κ3) is 2.67. The van der Waals surface area contributed by atoms with Crippen LogP contribution in [0.3, 0.4) is 0 Å². The van der Waals surface area contributed by atoms with Crippen LogP contribution >= 0.6 is 0 Å². The molecule has 1 aliphatic rings. The second-order valence-electron chi connectivity index (χ2n) is 3.54. The zero-order valence-electron chi connectivity index (χ0n) is 8.15. The molecule has 1 aliphatic heterocycles. The Kier molecular flexibility index (Phi) is 3.29. The Morgan fingerprint density at radius 3 is 2.71 bits per heavy atom. The van der Waals surface area contributed by atoms with Crippen LogP contribution in [-0.2, 0) is 0 Å². The highest BCUT2D eigenvalue weighted by Crippen LogP contribution is 2.12. The number of ether oxygens (including phenoxy) is 1. The average molecular weight is 193 g/mol. The van der Waals surface area contributed by atoms with Gasteiger partial charge in [-0.25, -0.2) is 9.97 Å². The van der Waals surface area contributed by atoms with Crippen LogP contribution < -0.4 is 10.1 Å². The summed E-state index contributed by atoms with van der Waals surface area (Å²) in [7, 11) is 0. The monoisotopic (exact) mass is 193 g/mol. The first-order valence-electron chi connectivity index (χ1n) is 5.05. The van der Waals surface area contributed by atoms with Crippen molar-refractivity contribution in [3.63, 3.8) is 0 Å². The maximum absolute atomic E-state index is 5.50. The van der Waals surface area contributed by atoms with Gasteiger partial charge in [0.15, 0.2) is 0 Å². The number of nitrogens with one attached hydrogen (secondary N) is 1. The van der Waals surface area contributed by atoms with Crippen LogP contribution in [0.4, 0.5) is 0 Å². The van der Waals surface area contributed by atoms with Crippen LogP contribution in [0.2, 0.25) is 0 Å². The molecule has 14 heavy (non-hydrogen) atoms. The molecule has 0 saturated carbocycles. The third-order valence-electron chi connectivity index (χ3n) is 2.45. The molecule has 0 aliphatic carbocycles. The Balaban J connectivity index is 1.76. The van der Waals surface area contributed by atoms with Crippen molar-refractivity contribution >= 4 is 0 Å². The highest BCUT2D eigenvalue weighted by molar-refractivity contribution is 4.93. The van der Waals surface area contributed by atoms with Crippen LogP contribution in [0.5, 0.6) is 6.01 Å². The molecule has 1 fully saturated rings. The minimum Gasteiger partial charge on any atom is -0.463 e. The maximum Gasteiger partial charge on any atom is 0.316 e. The predicted molar refractivity (Wildman–Crippen MR) is 53.1 cm³/mol. The van der Waals surface area contributed by atoms with E-state index in [1.165, 1.54) is 12.8 Å². The smallest absolute Gasteiger partial charge is 0.316 e. The molecule has 0 unspecified atom stereocenters. The molecule has 1 saturated heterocycles. The lowest BCUT2D eigenvalue weighted by atomic mass is 9.99. The van der Waals surface area contributed by atoms with Crippen molar-refractivity contribution in [3.8, 4) is 6.01 Å². The first-order valence-corrected chi connectivity index (χ1v) is 5.05. The fraction of sp³-hybridized carbons (Fsp3) is 0.600. The minimum atomic E-state index is 0.492. The van der Waals surface area contributed by atoms with Crippen molar-refractivity contribution in [3.05, 3.63) is 18.5 Å². The summed E-state index contributed by atoms with van der Waals surface area (Å²) in [6, 6.07) is 2.28. The van der Waals surface area contributed by atoms with E-state index in [-0.39, 0.29) is 0 Å². The molecule has 1 aromatic heterocycles. The molecule has 2 rings (SSSR count). The molecule has 4 heteroatoms. The summed E-state index contributed by atoms with van der Waals surface area (Å²) in [5.74, 6) is 0.653. The SMILES string of the molecule is c1cnc(OCC2CCNCC2)nc1. The van der Waals surface area contributed by atoms with Crippen LogP contribution in [0.1, 0.15) is 12.8 Å². The van der Waals surface area contributed by atoms with E-state index in [0.29, 0.717) is 11.9 Å². The lowest BCUT2D eigenvalue weighted by molar-refractivity contribution is 0.202. The second-order valence-corrected chi connectivity index (χ2v) is 3.54. The first-order chi connectivity index (χ1) is 6.95. The maximum atomic E-state index is 5.50. The minimum absolute atomic E-state index is 0.492. The number of rotatable bonds is 3. The standard InChI is InChI=1S/C10H15N3O/c1-4-12-10(13-5-1)14-8-9-2-6-11-7-3-9/h1,4-5,9,11H,2-3,6-8H2. The van der Waals surface area contributed by atoms with Crippen molar-refractivity contribution < 1.29 is 4.74 Å². The van der Waals surface area contributed by atoms with E-state index in [1.807, 2.05) is 0 Å². The van der Waals surface area contributed by atoms with E-state index in [2.05, 4.69) is 15.3 Å². The summed E-state index contributed by atoms with van der Waals surface area (Å²) in [4.78, 5) is 8.03. The largest absolute Gasteiger partial charge is 0.463 e. The van der Waals surface area contributed by atoms with E-state index in [4.69, 9.17) is 4.74 Å². The Morgan fingerprint density at radius 1 is 1.29 bits per heavy atom. The van der Waals surface area contributed by atoms with Gasteiger partial charge in [-0.2, -0.15) is 0 Å². The van der Waals surface area contributed by atoms with Gasteiger partial charge in [0.1, 0.15) is 0 Å². The van der Waals surface area contributed by atoms with Gasteiger partial charge in [-0.15, -0.1) is 0 Å². The van der Waals surface area contributed by atoms with E-state index >= 15 is 0 Å². The van der Waals surface area contributed by atoms with Crippen molar-refractivity contribution in [1.29, 1.82) is 0 Å². The van der Waals surface area contributed by atoms with Gasteiger partial charge >= 0.3 is 6.01 Å². The summed E-state index contributed by atoms with van der Waals surface area (Å²) in [5.41, 5.74) is 0. The van der Waals surface area contributed by atoms with Crippen molar-refractivity contribution in [2.24, 2.45) is 5.92 Å². The Hall–Kier alpha value is -1.16. The zero-order valence-corrected chi connectivity index (χ0v) is 8.15. The Morgan fingerprint density at radius 2 is 2.00 bits per heavy atom. The van der Waals surface area contributed by atoms with Gasteiger partial charge in [-0.1, -0.05) is 0 Å². The molecule has 1 N–H and O–H groups in total. The lowest BCUT2D eigenvalue weighted by Crippen LogP contribution is -2.30. The normalized spacial score (nSPS) is 18.0. The van der Waals surface area contributed by atoms with Gasteiger partial charge in [-0.3, -0.25) is 0 Å². The van der Waals surface area contributed by atoms with Gasteiger partial charge < -0.3 is 10.1 Å². The molecule has 0 aromatic carbocycles. The molecule has 0 radical (unpaired) electrons. The highest BCUT2D eigenvalue weighted by atomic mass is 16.5. The topological polar surface area (TPSA) is 47.0 Å². The summed E-state index contributed by atoms with van der Waals surface area (Å²) >= 11 is 0. The van der Waals surface area contributed by atoms with Crippen LogP contribution in [0.25, 0.3) is 0 Å². The molecular formula is C10H15N3O. The number of aromatic nitrogens is 2. The molecule has 0 atom stereocenters. The summed E-state index contributed by atoms with van der Waals surface area (Å²) < 4.78 is 5.50. The molecule has 0 bridgehead atoms. The first kappa shape index (κ1) is 9.40. The molecule has 0 amide bonds. The van der Waals surface area contributed by atoms with Crippen molar-refractivity contribution in [1.82, 2.24) is 15.3 Å². The summed E-state index contributed by atoms with van der Waals surface area (Å²) in [6.45, 7) is 2.94. The fourth-order valence-corrected chi connectivity index (χ4v) is 1.60. The van der Waals surface area contributed by atoms with E-state index < -0.39 is 0 Å². The molecular weight excluding hydrogens is 178 g/mol. The molecule has 0 spiro atoms. The van der Waals surface area contributed by atoms with E-state index in [9.17, 15) is 0 Å². The van der Waals surface area contributed by atoms with E-state index in [0.717, 1.165) is 19.7 Å². The summed E-state index contributed by atoms with van der Waals surface area (Å²) in [6.07, 6.45) is 5.77. The van der Waals surface area contributed by atoms with Gasteiger partial charge in [0.2, 0.25) is 0 Å². The quantitative estimate of drug-likeness (QED) is 0.773. The average Bonchev–Trinajstić information content (AvgIpc) is 2.29. The number of hydrogen-bond acceptors (Lipinski definition) is 4. The number of hydrogen-bond donors (Lipinski definition) is 1. The molecule has 4 nitrogen and oxygen atoms in total. The molecule has 1 aromatic rings. The lowest BCUT2D eigenvalue weighted by Gasteiger charge is -2.21. The van der Waals surface area contributed by atoms with E-state index in [1.54, 1.807) is 18.5 Å². The van der Waals surface area contributed by atoms with Gasteiger partial charge in [0, 0.05) is 12.4 Å². The van der Waals surface area contributed by atoms with Gasteiger partial charge in [-0.05, 0) is 37.9 Å². The van der Waals surface area contributed by atoms with Gasteiger partial charge in [0.05, 0.1) is 6.61 Å². The Labute approximate surface area is 83.7 Å². The second kappa shape index (κ2) is 4.91. The van der Waals surface area contributed by atoms with Crippen molar-refractivity contribution in [2.75, 3.05) is 19.7 Å². The van der Waals surface area contributed by atoms with Gasteiger partial charge in [0.25, 0.3) is 0 Å². The van der Waals surface area contributed by atoms with Crippen LogP contribution in [0, 0.1) is 5.92 Å². The number of piperidine rings is 1.